The second-order valence-electron chi connectivity index (χ2n) is 3.30. The zero-order valence-electron chi connectivity index (χ0n) is 9.24. The van der Waals surface area contributed by atoms with E-state index in [1.807, 2.05) is 0 Å². The van der Waals surface area contributed by atoms with Crippen molar-refractivity contribution < 1.29 is 14.0 Å². The van der Waals surface area contributed by atoms with Gasteiger partial charge in [-0.25, -0.2) is 4.79 Å². The fourth-order valence-corrected chi connectivity index (χ4v) is 1.04. The first-order valence-electron chi connectivity index (χ1n) is 4.90. The normalized spacial score (nSPS) is 11.9. The smallest absolute Gasteiger partial charge is 0.321 e. The van der Waals surface area contributed by atoms with Crippen LogP contribution in [0.5, 0.6) is 0 Å². The third-order valence-corrected chi connectivity index (χ3v) is 2.05. The summed E-state index contributed by atoms with van der Waals surface area (Å²) in [6, 6.07) is 0.838. The van der Waals surface area contributed by atoms with Crippen LogP contribution in [0.2, 0.25) is 0 Å². The van der Waals surface area contributed by atoms with E-state index in [0.717, 1.165) is 5.56 Å². The SMILES string of the molecule is CNC(=O)NC(=O)C(C)NCc1ccoc1. The van der Waals surface area contributed by atoms with Gasteiger partial charge in [0.25, 0.3) is 0 Å². The van der Waals surface area contributed by atoms with Crippen molar-refractivity contribution in [2.45, 2.75) is 19.5 Å². The lowest BCUT2D eigenvalue weighted by molar-refractivity contribution is -0.121. The van der Waals surface area contributed by atoms with Gasteiger partial charge in [-0.1, -0.05) is 0 Å². The van der Waals surface area contributed by atoms with E-state index in [4.69, 9.17) is 4.42 Å². The topological polar surface area (TPSA) is 83.4 Å². The summed E-state index contributed by atoms with van der Waals surface area (Å²) in [6.07, 6.45) is 3.16. The predicted octanol–water partition coefficient (Wildman–Crippen LogP) is 0.213. The van der Waals surface area contributed by atoms with Gasteiger partial charge in [0, 0.05) is 19.2 Å². The van der Waals surface area contributed by atoms with E-state index in [0.29, 0.717) is 6.54 Å². The maximum Gasteiger partial charge on any atom is 0.321 e. The van der Waals surface area contributed by atoms with Crippen molar-refractivity contribution >= 4 is 11.9 Å². The van der Waals surface area contributed by atoms with E-state index in [-0.39, 0.29) is 5.91 Å². The number of furan rings is 1. The number of amides is 3. The zero-order chi connectivity index (χ0) is 12.0. The van der Waals surface area contributed by atoms with Gasteiger partial charge in [0.15, 0.2) is 0 Å². The van der Waals surface area contributed by atoms with Crippen molar-refractivity contribution in [1.82, 2.24) is 16.0 Å². The van der Waals surface area contributed by atoms with Crippen LogP contribution in [0.4, 0.5) is 4.79 Å². The second kappa shape index (κ2) is 5.92. The first-order chi connectivity index (χ1) is 7.63. The molecular formula is C10H15N3O3. The average molecular weight is 225 g/mol. The quantitative estimate of drug-likeness (QED) is 0.684. The van der Waals surface area contributed by atoms with Gasteiger partial charge in [-0.2, -0.15) is 0 Å². The van der Waals surface area contributed by atoms with Crippen LogP contribution in [-0.2, 0) is 11.3 Å². The molecule has 3 amide bonds. The van der Waals surface area contributed by atoms with Gasteiger partial charge in [-0.15, -0.1) is 0 Å². The van der Waals surface area contributed by atoms with Crippen LogP contribution < -0.4 is 16.0 Å². The number of carbonyl (C=O) groups excluding carboxylic acids is 2. The van der Waals surface area contributed by atoms with Crippen LogP contribution in [0.1, 0.15) is 12.5 Å². The molecule has 1 rings (SSSR count). The fraction of sp³-hybridized carbons (Fsp3) is 0.400. The second-order valence-corrected chi connectivity index (χ2v) is 3.30. The molecule has 1 atom stereocenters. The highest BCUT2D eigenvalue weighted by atomic mass is 16.3. The van der Waals surface area contributed by atoms with E-state index in [1.54, 1.807) is 25.5 Å². The molecule has 0 aliphatic carbocycles. The molecule has 6 nitrogen and oxygen atoms in total. The Bertz CT molecular complexity index is 348. The summed E-state index contributed by atoms with van der Waals surface area (Å²) in [5, 5.41) is 7.45. The van der Waals surface area contributed by atoms with Crippen molar-refractivity contribution in [1.29, 1.82) is 0 Å². The maximum absolute atomic E-state index is 11.4. The van der Waals surface area contributed by atoms with Crippen molar-refractivity contribution in [3.05, 3.63) is 24.2 Å². The van der Waals surface area contributed by atoms with Crippen molar-refractivity contribution in [3.63, 3.8) is 0 Å². The van der Waals surface area contributed by atoms with Gasteiger partial charge >= 0.3 is 6.03 Å². The molecule has 1 aromatic heterocycles. The monoisotopic (exact) mass is 225 g/mol. The summed E-state index contributed by atoms with van der Waals surface area (Å²) in [7, 11) is 1.45. The summed E-state index contributed by atoms with van der Waals surface area (Å²) in [4.78, 5) is 22.3. The molecule has 0 radical (unpaired) electrons. The van der Waals surface area contributed by atoms with Gasteiger partial charge in [0.1, 0.15) is 0 Å². The summed E-state index contributed by atoms with van der Waals surface area (Å²) >= 11 is 0. The van der Waals surface area contributed by atoms with E-state index in [1.165, 1.54) is 7.05 Å². The number of hydrogen-bond donors (Lipinski definition) is 3. The van der Waals surface area contributed by atoms with Crippen molar-refractivity contribution in [2.24, 2.45) is 0 Å². The standard InChI is InChI=1S/C10H15N3O3/c1-7(9(14)13-10(15)11-2)12-5-8-3-4-16-6-8/h3-4,6-7,12H,5H2,1-2H3,(H2,11,13,14,15). The molecule has 3 N–H and O–H groups in total. The summed E-state index contributed by atoms with van der Waals surface area (Å²) in [6.45, 7) is 2.19. The molecule has 0 aliphatic heterocycles. The third-order valence-electron chi connectivity index (χ3n) is 2.05. The first-order valence-corrected chi connectivity index (χ1v) is 4.90. The van der Waals surface area contributed by atoms with E-state index in [2.05, 4.69) is 16.0 Å². The minimum Gasteiger partial charge on any atom is -0.472 e. The molecule has 0 aliphatic rings. The summed E-state index contributed by atoms with van der Waals surface area (Å²) < 4.78 is 4.88. The Labute approximate surface area is 93.4 Å². The van der Waals surface area contributed by atoms with E-state index < -0.39 is 12.1 Å². The largest absolute Gasteiger partial charge is 0.472 e. The lowest BCUT2D eigenvalue weighted by Gasteiger charge is -2.12. The molecule has 1 aromatic rings. The maximum atomic E-state index is 11.4. The summed E-state index contributed by atoms with van der Waals surface area (Å²) in [5.74, 6) is -0.372. The molecule has 0 aromatic carbocycles. The molecule has 1 heterocycles. The number of rotatable bonds is 4. The van der Waals surface area contributed by atoms with Crippen molar-refractivity contribution in [3.8, 4) is 0 Å². The van der Waals surface area contributed by atoms with E-state index >= 15 is 0 Å². The van der Waals surface area contributed by atoms with Crippen LogP contribution in [0.3, 0.4) is 0 Å². The molecule has 1 unspecified atom stereocenters. The van der Waals surface area contributed by atoms with Gasteiger partial charge in [0.05, 0.1) is 18.6 Å². The molecule has 0 bridgehead atoms. The average Bonchev–Trinajstić information content (AvgIpc) is 2.78. The number of carbonyl (C=O) groups is 2. The van der Waals surface area contributed by atoms with Gasteiger partial charge in [0.2, 0.25) is 5.91 Å². The molecule has 0 fully saturated rings. The zero-order valence-corrected chi connectivity index (χ0v) is 9.24. The van der Waals surface area contributed by atoms with Gasteiger partial charge < -0.3 is 15.1 Å². The van der Waals surface area contributed by atoms with Crippen LogP contribution in [0.25, 0.3) is 0 Å². The molecule has 0 spiro atoms. The highest BCUT2D eigenvalue weighted by Crippen LogP contribution is 1.99. The Hall–Kier alpha value is -1.82. The molecule has 88 valence electrons. The van der Waals surface area contributed by atoms with Crippen LogP contribution in [0.15, 0.2) is 23.0 Å². The molecule has 6 heteroatoms. The van der Waals surface area contributed by atoms with Gasteiger partial charge in [-0.05, 0) is 13.0 Å². The number of nitrogens with one attached hydrogen (secondary N) is 3. The van der Waals surface area contributed by atoms with Crippen LogP contribution in [-0.4, -0.2) is 25.0 Å². The van der Waals surface area contributed by atoms with E-state index in [9.17, 15) is 9.59 Å². The Morgan fingerprint density at radius 3 is 2.81 bits per heavy atom. The van der Waals surface area contributed by atoms with Gasteiger partial charge in [-0.3, -0.25) is 10.1 Å². The van der Waals surface area contributed by atoms with Crippen molar-refractivity contribution in [2.75, 3.05) is 7.05 Å². The lowest BCUT2D eigenvalue weighted by Crippen LogP contribution is -2.47. The minimum atomic E-state index is -0.512. The Morgan fingerprint density at radius 2 is 2.25 bits per heavy atom. The highest BCUT2D eigenvalue weighted by Gasteiger charge is 2.14. The third kappa shape index (κ3) is 3.74. The van der Waals surface area contributed by atoms with Crippen LogP contribution >= 0.6 is 0 Å². The highest BCUT2D eigenvalue weighted by molar-refractivity contribution is 5.96. The Kier molecular flexibility index (Phi) is 4.53. The predicted molar refractivity (Wildman–Crippen MR) is 57.6 cm³/mol. The first kappa shape index (κ1) is 12.3. The lowest BCUT2D eigenvalue weighted by atomic mass is 10.2. The minimum absolute atomic E-state index is 0.372. The fourth-order valence-electron chi connectivity index (χ4n) is 1.04. The molecular weight excluding hydrogens is 210 g/mol. The molecule has 0 saturated carbocycles. The Morgan fingerprint density at radius 1 is 1.50 bits per heavy atom. The number of imide groups is 1. The molecule has 16 heavy (non-hydrogen) atoms. The summed E-state index contributed by atoms with van der Waals surface area (Å²) in [5.41, 5.74) is 0.944. The van der Waals surface area contributed by atoms with Crippen LogP contribution in [0, 0.1) is 0 Å². The molecule has 0 saturated heterocycles. The number of urea groups is 1. The number of hydrogen-bond acceptors (Lipinski definition) is 4. The Balaban J connectivity index is 2.31.